The van der Waals surface area contributed by atoms with Crippen molar-refractivity contribution in [2.75, 3.05) is 24.7 Å². The van der Waals surface area contributed by atoms with E-state index in [2.05, 4.69) is 41.7 Å². The van der Waals surface area contributed by atoms with Gasteiger partial charge in [0.2, 0.25) is 0 Å². The summed E-state index contributed by atoms with van der Waals surface area (Å²) in [6, 6.07) is 13.3. The molecule has 0 amide bonds. The number of benzene rings is 2. The molecule has 2 aromatic carbocycles. The van der Waals surface area contributed by atoms with Crippen LogP contribution in [-0.4, -0.2) is 48.1 Å². The second kappa shape index (κ2) is 8.52. The Morgan fingerprint density at radius 1 is 1.17 bits per heavy atom. The smallest absolute Gasteiger partial charge is 0.186 e. The minimum Gasteiger partial charge on any atom is -0.390 e. The molecule has 2 aliphatic heterocycles. The summed E-state index contributed by atoms with van der Waals surface area (Å²) in [5.74, 6) is 1.77. The Bertz CT molecular complexity index is 916. The number of ether oxygens (including phenoxy) is 2. The van der Waals surface area contributed by atoms with Gasteiger partial charge in [-0.15, -0.1) is 11.8 Å². The second-order valence-corrected chi connectivity index (χ2v) is 9.67. The van der Waals surface area contributed by atoms with Crippen molar-refractivity contribution in [3.8, 4) is 0 Å². The fourth-order valence-electron chi connectivity index (χ4n) is 4.54. The molecule has 0 aromatic heterocycles. The van der Waals surface area contributed by atoms with Gasteiger partial charge >= 0.3 is 0 Å². The van der Waals surface area contributed by atoms with Crippen LogP contribution >= 0.6 is 11.8 Å². The largest absolute Gasteiger partial charge is 0.390 e. The van der Waals surface area contributed by atoms with E-state index in [1.54, 1.807) is 0 Å². The zero-order chi connectivity index (χ0) is 20.7. The van der Waals surface area contributed by atoms with Gasteiger partial charge in [0.05, 0.1) is 12.2 Å². The minimum absolute atomic E-state index is 0.290. The summed E-state index contributed by atoms with van der Waals surface area (Å²) in [7, 11) is 1.49. The first kappa shape index (κ1) is 20.3. The summed E-state index contributed by atoms with van der Waals surface area (Å²) < 4.78 is 11.2. The molecule has 3 N–H and O–H groups in total. The maximum absolute atomic E-state index is 10.3. The number of hydrogen-bond donors (Lipinski definition) is 3. The van der Waals surface area contributed by atoms with E-state index in [0.717, 1.165) is 24.3 Å². The van der Waals surface area contributed by atoms with Gasteiger partial charge in [-0.05, 0) is 59.6 Å². The summed E-state index contributed by atoms with van der Waals surface area (Å²) in [4.78, 5) is 1.33. The first-order valence-corrected chi connectivity index (χ1v) is 11.8. The third-order valence-corrected chi connectivity index (χ3v) is 7.40. The van der Waals surface area contributed by atoms with Crippen LogP contribution in [0.2, 0.25) is 0 Å². The standard InChI is InChI=1S/C24H29NO4S/c1-28-24-23(27)20(26)13-21(29-24)16-5-6-18(15-3-4-15)17(12-16)10-14-2-7-22-19(11-14)25-8-9-30-22/h2,5-7,11-12,15,20-21,23-27H,3-4,8-10,13H2,1H3/t20-,21-,23+,24+/m1/s1. The molecule has 1 aliphatic carbocycles. The van der Waals surface area contributed by atoms with E-state index in [1.165, 1.54) is 47.2 Å². The minimum atomic E-state index is -1.02. The molecule has 4 atom stereocenters. The fraction of sp³-hybridized carbons (Fsp3) is 0.500. The Hall–Kier alpha value is -1.57. The summed E-state index contributed by atoms with van der Waals surface area (Å²) in [6.45, 7) is 1.01. The molecular formula is C24H29NO4S. The van der Waals surface area contributed by atoms with Gasteiger partial charge in [0.15, 0.2) is 6.29 Å². The Morgan fingerprint density at radius 2 is 2.03 bits per heavy atom. The number of nitrogens with one attached hydrogen (secondary N) is 1. The van der Waals surface area contributed by atoms with E-state index in [-0.39, 0.29) is 6.10 Å². The van der Waals surface area contributed by atoms with Gasteiger partial charge in [0.25, 0.3) is 0 Å². The predicted octanol–water partition coefficient (Wildman–Crippen LogP) is 3.83. The summed E-state index contributed by atoms with van der Waals surface area (Å²) in [5, 5.41) is 23.8. The molecule has 160 valence electrons. The highest BCUT2D eigenvalue weighted by molar-refractivity contribution is 7.99. The Labute approximate surface area is 181 Å². The van der Waals surface area contributed by atoms with Crippen LogP contribution in [0.1, 0.15) is 53.5 Å². The van der Waals surface area contributed by atoms with Crippen LogP contribution in [0.4, 0.5) is 5.69 Å². The van der Waals surface area contributed by atoms with Gasteiger partial charge in [-0.3, -0.25) is 0 Å². The van der Waals surface area contributed by atoms with Gasteiger partial charge in [0, 0.05) is 36.4 Å². The number of methoxy groups -OCH3 is 1. The number of thioether (sulfide) groups is 1. The van der Waals surface area contributed by atoms with Gasteiger partial charge < -0.3 is 25.0 Å². The molecule has 30 heavy (non-hydrogen) atoms. The Kier molecular flexibility index (Phi) is 5.77. The quantitative estimate of drug-likeness (QED) is 0.674. The van der Waals surface area contributed by atoms with Gasteiger partial charge in [0.1, 0.15) is 6.10 Å². The molecule has 5 nitrogen and oxygen atoms in total. The van der Waals surface area contributed by atoms with E-state index in [4.69, 9.17) is 9.47 Å². The molecule has 0 unspecified atom stereocenters. The van der Waals surface area contributed by atoms with Crippen LogP contribution in [0.15, 0.2) is 41.3 Å². The normalized spacial score (nSPS) is 28.6. The molecule has 0 radical (unpaired) electrons. The van der Waals surface area contributed by atoms with E-state index in [9.17, 15) is 10.2 Å². The number of aliphatic hydroxyl groups excluding tert-OH is 2. The third kappa shape index (κ3) is 4.12. The summed E-state index contributed by atoms with van der Waals surface area (Å²) >= 11 is 1.91. The number of anilines is 1. The van der Waals surface area contributed by atoms with Crippen molar-refractivity contribution in [3.05, 3.63) is 58.7 Å². The number of rotatable bonds is 5. The van der Waals surface area contributed by atoms with E-state index >= 15 is 0 Å². The average Bonchev–Trinajstić information content (AvgIpc) is 3.61. The highest BCUT2D eigenvalue weighted by Gasteiger charge is 2.38. The van der Waals surface area contributed by atoms with Gasteiger partial charge in [-0.1, -0.05) is 24.3 Å². The van der Waals surface area contributed by atoms with Crippen LogP contribution in [-0.2, 0) is 15.9 Å². The van der Waals surface area contributed by atoms with Crippen LogP contribution < -0.4 is 5.32 Å². The maximum atomic E-state index is 10.3. The zero-order valence-electron chi connectivity index (χ0n) is 17.2. The van der Waals surface area contributed by atoms with Crippen molar-refractivity contribution >= 4 is 17.4 Å². The molecule has 1 saturated carbocycles. The second-order valence-electron chi connectivity index (χ2n) is 8.54. The summed E-state index contributed by atoms with van der Waals surface area (Å²) in [6.07, 6.45) is 0.781. The lowest BCUT2D eigenvalue weighted by molar-refractivity contribution is -0.259. The monoisotopic (exact) mass is 427 g/mol. The van der Waals surface area contributed by atoms with E-state index in [0.29, 0.717) is 12.3 Å². The highest BCUT2D eigenvalue weighted by Crippen LogP contribution is 2.44. The topological polar surface area (TPSA) is 71.0 Å². The van der Waals surface area contributed by atoms with Crippen molar-refractivity contribution in [2.45, 2.75) is 61.1 Å². The number of hydrogen-bond acceptors (Lipinski definition) is 6. The van der Waals surface area contributed by atoms with Crippen molar-refractivity contribution in [1.29, 1.82) is 0 Å². The van der Waals surface area contributed by atoms with Crippen molar-refractivity contribution in [1.82, 2.24) is 0 Å². The zero-order valence-corrected chi connectivity index (χ0v) is 18.0. The number of aliphatic hydroxyl groups is 2. The fourth-order valence-corrected chi connectivity index (χ4v) is 5.41. The molecule has 0 bridgehead atoms. The van der Waals surface area contributed by atoms with Crippen LogP contribution in [0.5, 0.6) is 0 Å². The molecule has 6 heteroatoms. The molecule has 2 fully saturated rings. The van der Waals surface area contributed by atoms with Crippen molar-refractivity contribution in [2.24, 2.45) is 0 Å². The molecule has 2 aromatic rings. The van der Waals surface area contributed by atoms with Crippen molar-refractivity contribution in [3.63, 3.8) is 0 Å². The SMILES string of the molecule is CO[C@H]1O[C@@H](c2ccc(C3CC3)c(Cc3ccc4c(c3)NCCS4)c2)C[C@@H](O)[C@@H]1O. The molecule has 2 heterocycles. The lowest BCUT2D eigenvalue weighted by atomic mass is 9.90. The lowest BCUT2D eigenvalue weighted by Gasteiger charge is -2.36. The average molecular weight is 428 g/mol. The third-order valence-electron chi connectivity index (χ3n) is 6.33. The molecule has 3 aliphatic rings. The molecular weight excluding hydrogens is 398 g/mol. The van der Waals surface area contributed by atoms with Crippen LogP contribution in [0, 0.1) is 0 Å². The Morgan fingerprint density at radius 3 is 2.83 bits per heavy atom. The van der Waals surface area contributed by atoms with E-state index < -0.39 is 18.5 Å². The van der Waals surface area contributed by atoms with E-state index in [1.807, 2.05) is 11.8 Å². The highest BCUT2D eigenvalue weighted by atomic mass is 32.2. The lowest BCUT2D eigenvalue weighted by Crippen LogP contribution is -2.46. The first-order valence-electron chi connectivity index (χ1n) is 10.8. The maximum Gasteiger partial charge on any atom is 0.186 e. The van der Waals surface area contributed by atoms with Crippen LogP contribution in [0.25, 0.3) is 0 Å². The Balaban J connectivity index is 1.43. The molecule has 0 spiro atoms. The molecule has 5 rings (SSSR count). The number of fused-ring (bicyclic) bond motifs is 1. The van der Waals surface area contributed by atoms with Crippen molar-refractivity contribution < 1.29 is 19.7 Å². The summed E-state index contributed by atoms with van der Waals surface area (Å²) in [5.41, 5.74) is 6.34. The van der Waals surface area contributed by atoms with Crippen LogP contribution in [0.3, 0.4) is 0 Å². The van der Waals surface area contributed by atoms with Gasteiger partial charge in [-0.2, -0.15) is 0 Å². The van der Waals surface area contributed by atoms with Gasteiger partial charge in [-0.25, -0.2) is 0 Å². The first-order chi connectivity index (χ1) is 14.6. The predicted molar refractivity (Wildman–Crippen MR) is 118 cm³/mol. The molecule has 1 saturated heterocycles.